The third-order valence-corrected chi connectivity index (χ3v) is 4.33. The minimum atomic E-state index is -1.08. The topological polar surface area (TPSA) is 25.8 Å². The van der Waals surface area contributed by atoms with Gasteiger partial charge in [-0.2, -0.15) is 0 Å². The predicted octanol–water partition coefficient (Wildman–Crippen LogP) is 5.83. The SMILES string of the molecule is CCCCCc1cnc(-c2cc(F)c(C#Cc3ccc(F)c(F)c3)c(F)c2)nc1. The lowest BCUT2D eigenvalue weighted by atomic mass is 10.1. The Morgan fingerprint density at radius 1 is 0.793 bits per heavy atom. The van der Waals surface area contributed by atoms with E-state index in [2.05, 4.69) is 28.7 Å². The summed E-state index contributed by atoms with van der Waals surface area (Å²) < 4.78 is 54.9. The molecule has 0 fully saturated rings. The Morgan fingerprint density at radius 3 is 2.10 bits per heavy atom. The average molecular weight is 398 g/mol. The van der Waals surface area contributed by atoms with Crippen LogP contribution < -0.4 is 0 Å². The Labute approximate surface area is 166 Å². The van der Waals surface area contributed by atoms with Gasteiger partial charge in [-0.25, -0.2) is 27.5 Å². The van der Waals surface area contributed by atoms with Gasteiger partial charge in [0.1, 0.15) is 11.6 Å². The van der Waals surface area contributed by atoms with E-state index in [0.717, 1.165) is 55.5 Å². The van der Waals surface area contributed by atoms with Crippen molar-refractivity contribution in [3.8, 4) is 23.2 Å². The Hall–Kier alpha value is -3.20. The van der Waals surface area contributed by atoms with Crippen molar-refractivity contribution in [2.75, 3.05) is 0 Å². The first kappa shape index (κ1) is 20.5. The molecule has 0 radical (unpaired) electrons. The van der Waals surface area contributed by atoms with Crippen molar-refractivity contribution in [3.63, 3.8) is 0 Å². The maximum atomic E-state index is 14.4. The van der Waals surface area contributed by atoms with Crippen LogP contribution in [-0.2, 0) is 6.42 Å². The minimum Gasteiger partial charge on any atom is -0.236 e. The summed E-state index contributed by atoms with van der Waals surface area (Å²) in [5, 5.41) is 0. The zero-order valence-electron chi connectivity index (χ0n) is 15.8. The molecule has 0 atom stereocenters. The van der Waals surface area contributed by atoms with E-state index in [1.165, 1.54) is 6.07 Å². The van der Waals surface area contributed by atoms with Crippen LogP contribution >= 0.6 is 0 Å². The summed E-state index contributed by atoms with van der Waals surface area (Å²) in [5.74, 6) is 1.11. The lowest BCUT2D eigenvalue weighted by Crippen LogP contribution is -1.97. The van der Waals surface area contributed by atoms with E-state index in [4.69, 9.17) is 0 Å². The molecule has 148 valence electrons. The number of rotatable bonds is 5. The second kappa shape index (κ2) is 9.33. The molecule has 0 bridgehead atoms. The molecule has 0 unspecified atom stereocenters. The van der Waals surface area contributed by atoms with Crippen LogP contribution in [0.4, 0.5) is 17.6 Å². The summed E-state index contributed by atoms with van der Waals surface area (Å²) in [7, 11) is 0. The van der Waals surface area contributed by atoms with Crippen molar-refractivity contribution in [1.29, 1.82) is 0 Å². The smallest absolute Gasteiger partial charge is 0.160 e. The molecule has 0 spiro atoms. The van der Waals surface area contributed by atoms with E-state index in [-0.39, 0.29) is 17.0 Å². The van der Waals surface area contributed by atoms with Crippen LogP contribution in [0, 0.1) is 35.1 Å². The summed E-state index contributed by atoms with van der Waals surface area (Å²) in [6.45, 7) is 2.12. The van der Waals surface area contributed by atoms with Crippen molar-refractivity contribution in [3.05, 3.63) is 82.7 Å². The number of nitrogens with zero attached hydrogens (tertiary/aromatic N) is 2. The number of halogens is 4. The van der Waals surface area contributed by atoms with Gasteiger partial charge in [-0.3, -0.25) is 0 Å². The molecule has 1 aromatic heterocycles. The standard InChI is InChI=1S/C23H18F4N2/c1-2-3-4-5-16-13-28-23(29-14-16)17-11-20(25)18(21(26)12-17)8-6-15-7-9-19(24)22(27)10-15/h7,9-14H,2-5H2,1H3. The lowest BCUT2D eigenvalue weighted by Gasteiger charge is -2.05. The summed E-state index contributed by atoms with van der Waals surface area (Å²) in [4.78, 5) is 8.39. The summed E-state index contributed by atoms with van der Waals surface area (Å²) in [5.41, 5.74) is 0.805. The van der Waals surface area contributed by atoms with E-state index in [9.17, 15) is 17.6 Å². The molecule has 0 amide bonds. The highest BCUT2D eigenvalue weighted by molar-refractivity contribution is 5.58. The maximum Gasteiger partial charge on any atom is 0.160 e. The van der Waals surface area contributed by atoms with Crippen molar-refractivity contribution in [1.82, 2.24) is 9.97 Å². The van der Waals surface area contributed by atoms with E-state index in [0.29, 0.717) is 0 Å². The summed E-state index contributed by atoms with van der Waals surface area (Å²) in [6.07, 6.45) is 7.44. The molecule has 0 aliphatic carbocycles. The van der Waals surface area contributed by atoms with Gasteiger partial charge < -0.3 is 0 Å². The molecule has 3 rings (SSSR count). The third kappa shape index (κ3) is 5.20. The first-order chi connectivity index (χ1) is 14.0. The zero-order chi connectivity index (χ0) is 20.8. The highest BCUT2D eigenvalue weighted by atomic mass is 19.2. The molecule has 2 nitrogen and oxygen atoms in total. The Morgan fingerprint density at radius 2 is 1.48 bits per heavy atom. The first-order valence-electron chi connectivity index (χ1n) is 9.25. The Bertz CT molecular complexity index is 1040. The number of hydrogen-bond acceptors (Lipinski definition) is 2. The lowest BCUT2D eigenvalue weighted by molar-refractivity contribution is 0.508. The van der Waals surface area contributed by atoms with Crippen LogP contribution in [0.5, 0.6) is 0 Å². The molecule has 0 aliphatic rings. The highest BCUT2D eigenvalue weighted by Crippen LogP contribution is 2.22. The van der Waals surface area contributed by atoms with Crippen LogP contribution in [0.1, 0.15) is 42.9 Å². The first-order valence-corrected chi connectivity index (χ1v) is 9.25. The van der Waals surface area contributed by atoms with Crippen molar-refractivity contribution in [2.45, 2.75) is 32.6 Å². The minimum absolute atomic E-state index is 0.105. The van der Waals surface area contributed by atoms with E-state index < -0.39 is 28.8 Å². The molecular formula is C23H18F4N2. The van der Waals surface area contributed by atoms with Crippen LogP contribution in [0.3, 0.4) is 0 Å². The largest absolute Gasteiger partial charge is 0.236 e. The number of aromatic nitrogens is 2. The molecular weight excluding hydrogens is 380 g/mol. The van der Waals surface area contributed by atoms with Gasteiger partial charge in [-0.05, 0) is 48.7 Å². The molecule has 3 aromatic rings. The monoisotopic (exact) mass is 398 g/mol. The number of unbranched alkanes of at least 4 members (excludes halogenated alkanes) is 2. The second-order valence-electron chi connectivity index (χ2n) is 6.57. The third-order valence-electron chi connectivity index (χ3n) is 4.33. The van der Waals surface area contributed by atoms with Crippen LogP contribution in [0.25, 0.3) is 11.4 Å². The Kier molecular flexibility index (Phi) is 6.61. The van der Waals surface area contributed by atoms with Crippen LogP contribution in [0.15, 0.2) is 42.7 Å². The summed E-state index contributed by atoms with van der Waals surface area (Å²) >= 11 is 0. The van der Waals surface area contributed by atoms with Gasteiger partial charge in [0.2, 0.25) is 0 Å². The summed E-state index contributed by atoms with van der Waals surface area (Å²) in [6, 6.07) is 5.20. The fourth-order valence-corrected chi connectivity index (χ4v) is 2.74. The number of aryl methyl sites for hydroxylation is 1. The fraction of sp³-hybridized carbons (Fsp3) is 0.217. The van der Waals surface area contributed by atoms with Gasteiger partial charge >= 0.3 is 0 Å². The van der Waals surface area contributed by atoms with E-state index in [1.807, 2.05) is 0 Å². The van der Waals surface area contributed by atoms with Crippen LogP contribution in [-0.4, -0.2) is 9.97 Å². The molecule has 0 saturated heterocycles. The van der Waals surface area contributed by atoms with Crippen molar-refractivity contribution >= 4 is 0 Å². The Balaban J connectivity index is 1.82. The van der Waals surface area contributed by atoms with Gasteiger partial charge in [0.05, 0.1) is 5.56 Å². The van der Waals surface area contributed by atoms with Crippen molar-refractivity contribution in [2.24, 2.45) is 0 Å². The predicted molar refractivity (Wildman–Crippen MR) is 103 cm³/mol. The molecule has 0 N–H and O–H groups in total. The molecule has 6 heteroatoms. The molecule has 0 saturated carbocycles. The number of benzene rings is 2. The van der Waals surface area contributed by atoms with E-state index >= 15 is 0 Å². The maximum absolute atomic E-state index is 14.4. The van der Waals surface area contributed by atoms with Gasteiger partial charge in [0, 0.05) is 23.5 Å². The zero-order valence-corrected chi connectivity index (χ0v) is 15.8. The second-order valence-corrected chi connectivity index (χ2v) is 6.57. The molecule has 1 heterocycles. The van der Waals surface area contributed by atoms with Gasteiger partial charge in [0.15, 0.2) is 17.5 Å². The average Bonchev–Trinajstić information content (AvgIpc) is 2.70. The normalized spacial score (nSPS) is 10.5. The molecule has 0 aliphatic heterocycles. The van der Waals surface area contributed by atoms with Crippen LogP contribution in [0.2, 0.25) is 0 Å². The fourth-order valence-electron chi connectivity index (χ4n) is 2.74. The van der Waals surface area contributed by atoms with Crippen molar-refractivity contribution < 1.29 is 17.6 Å². The quantitative estimate of drug-likeness (QED) is 0.307. The van der Waals surface area contributed by atoms with E-state index in [1.54, 1.807) is 12.4 Å². The number of hydrogen-bond donors (Lipinski definition) is 0. The van der Waals surface area contributed by atoms with Gasteiger partial charge in [-0.15, -0.1) is 0 Å². The van der Waals surface area contributed by atoms with Gasteiger partial charge in [-0.1, -0.05) is 31.6 Å². The molecule has 29 heavy (non-hydrogen) atoms. The highest BCUT2D eigenvalue weighted by Gasteiger charge is 2.12. The van der Waals surface area contributed by atoms with Gasteiger partial charge in [0.25, 0.3) is 0 Å². The molecule has 2 aromatic carbocycles.